The zero-order valence-electron chi connectivity index (χ0n) is 12.2. The van der Waals surface area contributed by atoms with Gasteiger partial charge in [0.1, 0.15) is 12.1 Å². The third kappa shape index (κ3) is 3.01. The highest BCUT2D eigenvalue weighted by molar-refractivity contribution is 5.91. The van der Waals surface area contributed by atoms with Crippen molar-refractivity contribution in [2.75, 3.05) is 0 Å². The number of esters is 1. The van der Waals surface area contributed by atoms with Crippen LogP contribution >= 0.6 is 0 Å². The van der Waals surface area contributed by atoms with Crippen LogP contribution in [0.1, 0.15) is 21.5 Å². The van der Waals surface area contributed by atoms with Crippen LogP contribution in [-0.2, 0) is 0 Å². The number of nitrogens with zero attached hydrogens (tertiary/aromatic N) is 4. The highest BCUT2D eigenvalue weighted by Gasteiger charge is 2.10. The molecule has 6 nitrogen and oxygen atoms in total. The summed E-state index contributed by atoms with van der Waals surface area (Å²) >= 11 is 0. The van der Waals surface area contributed by atoms with Crippen molar-refractivity contribution in [2.45, 2.75) is 13.8 Å². The van der Waals surface area contributed by atoms with E-state index in [-0.39, 0.29) is 5.97 Å². The molecule has 22 heavy (non-hydrogen) atoms. The molecule has 0 unspecified atom stereocenters. The maximum atomic E-state index is 12.2. The average molecular weight is 294 g/mol. The van der Waals surface area contributed by atoms with E-state index >= 15 is 0 Å². The van der Waals surface area contributed by atoms with Crippen molar-refractivity contribution in [2.24, 2.45) is 0 Å². The lowest BCUT2D eigenvalue weighted by molar-refractivity contribution is 0.0734. The lowest BCUT2D eigenvalue weighted by Crippen LogP contribution is -2.09. The fourth-order valence-electron chi connectivity index (χ4n) is 2.23. The third-order valence-corrected chi connectivity index (χ3v) is 3.10. The summed E-state index contributed by atoms with van der Waals surface area (Å²) in [5.74, 6) is 0.0535. The summed E-state index contributed by atoms with van der Waals surface area (Å²) in [5.41, 5.74) is 3.30. The quantitative estimate of drug-likeness (QED) is 0.548. The van der Waals surface area contributed by atoms with Gasteiger partial charge < -0.3 is 4.74 Å². The molecule has 0 saturated heterocycles. The van der Waals surface area contributed by atoms with Crippen LogP contribution in [0.5, 0.6) is 5.75 Å². The molecule has 0 bridgehead atoms. The van der Waals surface area contributed by atoms with E-state index in [4.69, 9.17) is 4.74 Å². The predicted octanol–water partition coefficient (Wildman–Crippen LogP) is 2.50. The van der Waals surface area contributed by atoms with E-state index in [0.29, 0.717) is 11.3 Å². The van der Waals surface area contributed by atoms with Gasteiger partial charge in [-0.1, -0.05) is 23.3 Å². The van der Waals surface area contributed by atoms with Crippen LogP contribution in [0.3, 0.4) is 0 Å². The fourth-order valence-corrected chi connectivity index (χ4v) is 2.23. The van der Waals surface area contributed by atoms with E-state index in [2.05, 4.69) is 15.5 Å². The second-order valence-corrected chi connectivity index (χ2v) is 5.02. The van der Waals surface area contributed by atoms with Gasteiger partial charge in [0, 0.05) is 6.07 Å². The van der Waals surface area contributed by atoms with Crippen molar-refractivity contribution in [3.05, 3.63) is 65.5 Å². The molecular weight excluding hydrogens is 280 g/mol. The number of rotatable bonds is 3. The van der Waals surface area contributed by atoms with Gasteiger partial charge in [-0.25, -0.2) is 9.48 Å². The predicted molar refractivity (Wildman–Crippen MR) is 80.0 cm³/mol. The molecule has 0 atom stereocenters. The molecule has 0 aliphatic carbocycles. The number of hydrogen-bond acceptors (Lipinski definition) is 5. The highest BCUT2D eigenvalue weighted by Crippen LogP contribution is 2.18. The second kappa shape index (κ2) is 5.77. The Labute approximate surface area is 127 Å². The lowest BCUT2D eigenvalue weighted by atomic mass is 10.1. The molecule has 0 saturated carbocycles. The number of carbonyl (C=O) groups is 1. The molecular formula is C16H14N4O2. The summed E-state index contributed by atoms with van der Waals surface area (Å²) in [5, 5.41) is 11.0. The summed E-state index contributed by atoms with van der Waals surface area (Å²) in [6.45, 7) is 3.89. The summed E-state index contributed by atoms with van der Waals surface area (Å²) in [6, 6.07) is 12.6. The third-order valence-electron chi connectivity index (χ3n) is 3.10. The van der Waals surface area contributed by atoms with E-state index in [0.717, 1.165) is 16.8 Å². The van der Waals surface area contributed by atoms with E-state index < -0.39 is 0 Å². The number of carbonyl (C=O) groups excluding carboxylic acids is 1. The first kappa shape index (κ1) is 13.9. The first-order valence-electron chi connectivity index (χ1n) is 6.76. The van der Waals surface area contributed by atoms with Crippen molar-refractivity contribution in [1.82, 2.24) is 20.2 Å². The number of benzene rings is 2. The molecule has 0 N–H and O–H groups in total. The molecule has 0 radical (unpaired) electrons. The molecule has 0 aliphatic heterocycles. The largest absolute Gasteiger partial charge is 0.423 e. The van der Waals surface area contributed by atoms with Gasteiger partial charge in [-0.05, 0) is 48.5 Å². The molecule has 110 valence electrons. The van der Waals surface area contributed by atoms with Gasteiger partial charge in [0.15, 0.2) is 0 Å². The number of ether oxygens (including phenoxy) is 1. The highest BCUT2D eigenvalue weighted by atomic mass is 16.5. The first-order chi connectivity index (χ1) is 10.6. The van der Waals surface area contributed by atoms with E-state index in [9.17, 15) is 4.79 Å². The number of aromatic nitrogens is 4. The molecule has 0 fully saturated rings. The minimum Gasteiger partial charge on any atom is -0.423 e. The van der Waals surface area contributed by atoms with Crippen molar-refractivity contribution in [3.8, 4) is 11.4 Å². The molecule has 1 aromatic heterocycles. The van der Waals surface area contributed by atoms with Gasteiger partial charge in [0.05, 0.1) is 11.3 Å². The van der Waals surface area contributed by atoms with Gasteiger partial charge in [0.2, 0.25) is 0 Å². The first-order valence-corrected chi connectivity index (χ1v) is 6.76. The van der Waals surface area contributed by atoms with Crippen LogP contribution in [0.2, 0.25) is 0 Å². The molecule has 6 heteroatoms. The molecule has 1 heterocycles. The van der Waals surface area contributed by atoms with Gasteiger partial charge >= 0.3 is 5.97 Å². The van der Waals surface area contributed by atoms with Crippen molar-refractivity contribution >= 4 is 5.97 Å². The molecule has 2 aromatic carbocycles. The van der Waals surface area contributed by atoms with E-state index in [1.807, 2.05) is 26.0 Å². The second-order valence-electron chi connectivity index (χ2n) is 5.02. The van der Waals surface area contributed by atoms with Crippen LogP contribution in [0.4, 0.5) is 0 Å². The maximum Gasteiger partial charge on any atom is 0.343 e. The average Bonchev–Trinajstić information content (AvgIpc) is 3.00. The Morgan fingerprint density at radius 3 is 2.55 bits per heavy atom. The Morgan fingerprint density at radius 2 is 1.86 bits per heavy atom. The SMILES string of the molecule is Cc1cc(C)cc(C(=O)Oc2cccc(-n3cnnn3)c2)c1. The standard InChI is InChI=1S/C16H14N4O2/c1-11-6-12(2)8-13(7-11)16(21)22-15-5-3-4-14(9-15)20-10-17-18-19-20/h3-10H,1-2H3. The zero-order chi connectivity index (χ0) is 15.5. The van der Waals surface area contributed by atoms with Crippen LogP contribution in [0.15, 0.2) is 48.8 Å². The van der Waals surface area contributed by atoms with Gasteiger partial charge in [-0.2, -0.15) is 0 Å². The molecule has 0 aliphatic rings. The number of hydrogen-bond donors (Lipinski definition) is 0. The van der Waals surface area contributed by atoms with Crippen LogP contribution in [0, 0.1) is 13.8 Å². The van der Waals surface area contributed by atoms with E-state index in [1.54, 1.807) is 30.3 Å². The summed E-state index contributed by atoms with van der Waals surface area (Å²) < 4.78 is 6.92. The normalized spacial score (nSPS) is 10.5. The zero-order valence-corrected chi connectivity index (χ0v) is 12.2. The van der Waals surface area contributed by atoms with Crippen molar-refractivity contribution in [3.63, 3.8) is 0 Å². The molecule has 0 amide bonds. The van der Waals surface area contributed by atoms with Gasteiger partial charge in [-0.15, -0.1) is 5.10 Å². The van der Waals surface area contributed by atoms with Gasteiger partial charge in [0.25, 0.3) is 0 Å². The summed E-state index contributed by atoms with van der Waals surface area (Å²) in [6.07, 6.45) is 1.48. The lowest BCUT2D eigenvalue weighted by Gasteiger charge is -2.07. The van der Waals surface area contributed by atoms with E-state index in [1.165, 1.54) is 11.0 Å². The molecule has 0 spiro atoms. The fraction of sp³-hybridized carbons (Fsp3) is 0.125. The summed E-state index contributed by atoms with van der Waals surface area (Å²) in [4.78, 5) is 12.2. The minimum atomic E-state index is -0.388. The Hall–Kier alpha value is -3.02. The van der Waals surface area contributed by atoms with Crippen LogP contribution in [-0.4, -0.2) is 26.2 Å². The number of tetrazole rings is 1. The van der Waals surface area contributed by atoms with Crippen LogP contribution in [0.25, 0.3) is 5.69 Å². The smallest absolute Gasteiger partial charge is 0.343 e. The minimum absolute atomic E-state index is 0.388. The van der Waals surface area contributed by atoms with Crippen molar-refractivity contribution < 1.29 is 9.53 Å². The van der Waals surface area contributed by atoms with Crippen LogP contribution < -0.4 is 4.74 Å². The molecule has 3 rings (SSSR count). The van der Waals surface area contributed by atoms with Crippen molar-refractivity contribution in [1.29, 1.82) is 0 Å². The monoisotopic (exact) mass is 294 g/mol. The summed E-state index contributed by atoms with van der Waals surface area (Å²) in [7, 11) is 0. The van der Waals surface area contributed by atoms with Gasteiger partial charge in [-0.3, -0.25) is 0 Å². The Kier molecular flexibility index (Phi) is 3.65. The molecule has 3 aromatic rings. The Bertz CT molecular complexity index is 793. The maximum absolute atomic E-state index is 12.2. The Balaban J connectivity index is 1.84. The topological polar surface area (TPSA) is 69.9 Å². The Morgan fingerprint density at radius 1 is 1.09 bits per heavy atom. The number of aryl methyl sites for hydroxylation is 2.